The van der Waals surface area contributed by atoms with Crippen LogP contribution in [0.1, 0.15) is 39.0 Å². The summed E-state index contributed by atoms with van der Waals surface area (Å²) in [7, 11) is 2.14. The van der Waals surface area contributed by atoms with Gasteiger partial charge in [0.15, 0.2) is 0 Å². The molecule has 1 saturated carbocycles. The van der Waals surface area contributed by atoms with E-state index in [0.29, 0.717) is 6.04 Å². The van der Waals surface area contributed by atoms with Crippen molar-refractivity contribution in [2.24, 2.45) is 11.8 Å². The third-order valence-corrected chi connectivity index (χ3v) is 5.68. The molecule has 1 aliphatic rings. The van der Waals surface area contributed by atoms with Gasteiger partial charge in [-0.05, 0) is 37.4 Å². The summed E-state index contributed by atoms with van der Waals surface area (Å²) < 4.78 is 0. The number of benzene rings is 1. The van der Waals surface area contributed by atoms with Crippen LogP contribution in [0.4, 0.5) is 0 Å². The SMILES string of the molecule is CCC1CCCCC1C(CSc1ccccc1)NC. The van der Waals surface area contributed by atoms with Gasteiger partial charge in [0.25, 0.3) is 0 Å². The molecule has 2 rings (SSSR count). The molecule has 0 aliphatic heterocycles. The second-order valence-corrected chi connectivity index (χ2v) is 6.73. The first-order valence-electron chi connectivity index (χ1n) is 7.70. The Labute approximate surface area is 122 Å². The molecule has 0 heterocycles. The van der Waals surface area contributed by atoms with Gasteiger partial charge >= 0.3 is 0 Å². The van der Waals surface area contributed by atoms with Crippen LogP contribution in [0.2, 0.25) is 0 Å². The zero-order valence-corrected chi connectivity index (χ0v) is 13.1. The molecule has 1 fully saturated rings. The van der Waals surface area contributed by atoms with E-state index in [4.69, 9.17) is 0 Å². The van der Waals surface area contributed by atoms with Gasteiger partial charge in [-0.3, -0.25) is 0 Å². The van der Waals surface area contributed by atoms with Crippen molar-refractivity contribution >= 4 is 11.8 Å². The summed E-state index contributed by atoms with van der Waals surface area (Å²) in [5.41, 5.74) is 0. The standard InChI is InChI=1S/C17H27NS/c1-3-14-9-7-8-12-16(14)17(18-2)13-19-15-10-5-4-6-11-15/h4-6,10-11,14,16-18H,3,7-9,12-13H2,1-2H3. The minimum absolute atomic E-state index is 0.662. The summed E-state index contributed by atoms with van der Waals surface area (Å²) in [5, 5.41) is 3.59. The fourth-order valence-electron chi connectivity index (χ4n) is 3.40. The molecule has 1 aliphatic carbocycles. The molecule has 0 bridgehead atoms. The number of hydrogen-bond donors (Lipinski definition) is 1. The van der Waals surface area contributed by atoms with Crippen LogP contribution in [0.3, 0.4) is 0 Å². The number of nitrogens with one attached hydrogen (secondary N) is 1. The van der Waals surface area contributed by atoms with E-state index in [0.717, 1.165) is 11.8 Å². The molecule has 0 spiro atoms. The maximum absolute atomic E-state index is 3.59. The topological polar surface area (TPSA) is 12.0 Å². The predicted molar refractivity (Wildman–Crippen MR) is 85.8 cm³/mol. The Morgan fingerprint density at radius 2 is 1.95 bits per heavy atom. The third-order valence-electron chi connectivity index (χ3n) is 4.55. The highest BCUT2D eigenvalue weighted by atomic mass is 32.2. The van der Waals surface area contributed by atoms with Gasteiger partial charge in [-0.1, -0.05) is 50.8 Å². The Morgan fingerprint density at radius 3 is 2.63 bits per heavy atom. The summed E-state index contributed by atoms with van der Waals surface area (Å²) in [6, 6.07) is 11.5. The van der Waals surface area contributed by atoms with Crippen molar-refractivity contribution in [2.75, 3.05) is 12.8 Å². The first-order chi connectivity index (χ1) is 9.35. The van der Waals surface area contributed by atoms with Crippen LogP contribution in [0, 0.1) is 11.8 Å². The van der Waals surface area contributed by atoms with Gasteiger partial charge in [-0.2, -0.15) is 0 Å². The lowest BCUT2D eigenvalue weighted by atomic mass is 9.74. The molecule has 0 aromatic heterocycles. The summed E-state index contributed by atoms with van der Waals surface area (Å²) in [6.07, 6.45) is 7.07. The highest BCUT2D eigenvalue weighted by Crippen LogP contribution is 2.36. The quantitative estimate of drug-likeness (QED) is 0.764. The Hall–Kier alpha value is -0.470. The minimum atomic E-state index is 0.662. The molecule has 106 valence electrons. The average molecular weight is 277 g/mol. The molecule has 3 unspecified atom stereocenters. The zero-order chi connectivity index (χ0) is 13.5. The van der Waals surface area contributed by atoms with Crippen LogP contribution in [0.5, 0.6) is 0 Å². The summed E-state index contributed by atoms with van der Waals surface area (Å²) in [6.45, 7) is 2.36. The van der Waals surface area contributed by atoms with Crippen LogP contribution in [-0.2, 0) is 0 Å². The highest BCUT2D eigenvalue weighted by Gasteiger charge is 2.29. The molecule has 0 saturated heterocycles. The van der Waals surface area contributed by atoms with Gasteiger partial charge in [0.05, 0.1) is 0 Å². The van der Waals surface area contributed by atoms with Crippen LogP contribution in [0.25, 0.3) is 0 Å². The maximum Gasteiger partial charge on any atom is 0.0189 e. The highest BCUT2D eigenvalue weighted by molar-refractivity contribution is 7.99. The van der Waals surface area contributed by atoms with Crippen LogP contribution >= 0.6 is 11.8 Å². The fourth-order valence-corrected chi connectivity index (χ4v) is 4.53. The van der Waals surface area contributed by atoms with E-state index in [9.17, 15) is 0 Å². The largest absolute Gasteiger partial charge is 0.316 e. The van der Waals surface area contributed by atoms with Crippen LogP contribution in [0.15, 0.2) is 35.2 Å². The van der Waals surface area contributed by atoms with Gasteiger partial charge < -0.3 is 5.32 Å². The van der Waals surface area contributed by atoms with E-state index in [1.807, 2.05) is 11.8 Å². The third kappa shape index (κ3) is 4.25. The van der Waals surface area contributed by atoms with Crippen LogP contribution in [-0.4, -0.2) is 18.8 Å². The molecule has 1 nitrogen and oxygen atoms in total. The van der Waals surface area contributed by atoms with Crippen LogP contribution < -0.4 is 5.32 Å². The smallest absolute Gasteiger partial charge is 0.0189 e. The molecule has 0 amide bonds. The second-order valence-electron chi connectivity index (χ2n) is 5.64. The summed E-state index contributed by atoms with van der Waals surface area (Å²) in [4.78, 5) is 1.40. The molecular formula is C17H27NS. The zero-order valence-electron chi connectivity index (χ0n) is 12.3. The molecular weight excluding hydrogens is 250 g/mol. The van der Waals surface area contributed by atoms with Crippen molar-refractivity contribution in [3.8, 4) is 0 Å². The van der Waals surface area contributed by atoms with E-state index >= 15 is 0 Å². The number of hydrogen-bond acceptors (Lipinski definition) is 2. The van der Waals surface area contributed by atoms with E-state index < -0.39 is 0 Å². The molecule has 2 heteroatoms. The fraction of sp³-hybridized carbons (Fsp3) is 0.647. The monoisotopic (exact) mass is 277 g/mol. The van der Waals surface area contributed by atoms with Gasteiger partial charge in [-0.25, -0.2) is 0 Å². The Morgan fingerprint density at radius 1 is 1.21 bits per heavy atom. The first kappa shape index (κ1) is 14.9. The molecule has 1 N–H and O–H groups in total. The van der Waals surface area contributed by atoms with E-state index in [-0.39, 0.29) is 0 Å². The van der Waals surface area contributed by atoms with Crippen molar-refractivity contribution in [2.45, 2.75) is 50.0 Å². The van der Waals surface area contributed by atoms with Gasteiger partial charge in [0, 0.05) is 16.7 Å². The molecule has 0 radical (unpaired) electrons. The van der Waals surface area contributed by atoms with Gasteiger partial charge in [-0.15, -0.1) is 11.8 Å². The lowest BCUT2D eigenvalue weighted by Gasteiger charge is -2.36. The summed E-state index contributed by atoms with van der Waals surface area (Å²) in [5.74, 6) is 3.00. The lowest BCUT2D eigenvalue weighted by molar-refractivity contribution is 0.190. The first-order valence-corrected chi connectivity index (χ1v) is 8.68. The van der Waals surface area contributed by atoms with E-state index in [1.54, 1.807) is 0 Å². The Balaban J connectivity index is 1.91. The van der Waals surface area contributed by atoms with Gasteiger partial charge in [0.1, 0.15) is 0 Å². The maximum atomic E-state index is 3.59. The molecule has 3 atom stereocenters. The molecule has 19 heavy (non-hydrogen) atoms. The Kier molecular flexibility index (Phi) is 6.25. The minimum Gasteiger partial charge on any atom is -0.316 e. The van der Waals surface area contributed by atoms with Crippen molar-refractivity contribution in [1.82, 2.24) is 5.32 Å². The van der Waals surface area contributed by atoms with E-state index in [2.05, 4.69) is 49.6 Å². The van der Waals surface area contributed by atoms with Crippen molar-refractivity contribution in [1.29, 1.82) is 0 Å². The number of thioether (sulfide) groups is 1. The van der Waals surface area contributed by atoms with Crippen molar-refractivity contribution < 1.29 is 0 Å². The Bertz CT molecular complexity index is 352. The molecule has 1 aromatic carbocycles. The van der Waals surface area contributed by atoms with Crippen molar-refractivity contribution in [3.05, 3.63) is 30.3 Å². The lowest BCUT2D eigenvalue weighted by Crippen LogP contribution is -2.41. The predicted octanol–water partition coefficient (Wildman–Crippen LogP) is 4.58. The van der Waals surface area contributed by atoms with Crippen molar-refractivity contribution in [3.63, 3.8) is 0 Å². The number of rotatable bonds is 6. The normalized spacial score (nSPS) is 25.2. The second kappa shape index (κ2) is 7.96. The average Bonchev–Trinajstić information content (AvgIpc) is 2.49. The van der Waals surface area contributed by atoms with E-state index in [1.165, 1.54) is 42.8 Å². The van der Waals surface area contributed by atoms with Gasteiger partial charge in [0.2, 0.25) is 0 Å². The summed E-state index contributed by atoms with van der Waals surface area (Å²) >= 11 is 2.00. The molecule has 1 aromatic rings.